The van der Waals surface area contributed by atoms with Gasteiger partial charge >= 0.3 is 5.63 Å². The van der Waals surface area contributed by atoms with Gasteiger partial charge in [0.15, 0.2) is 0 Å². The Morgan fingerprint density at radius 2 is 1.97 bits per heavy atom. The molecule has 0 saturated carbocycles. The van der Waals surface area contributed by atoms with Gasteiger partial charge in [0.1, 0.15) is 5.58 Å². The van der Waals surface area contributed by atoms with Crippen LogP contribution in [0.5, 0.6) is 0 Å². The molecule has 0 amide bonds. The summed E-state index contributed by atoms with van der Waals surface area (Å²) in [5.41, 5.74) is 3.58. The van der Waals surface area contributed by atoms with E-state index in [0.29, 0.717) is 5.58 Å². The maximum absolute atomic E-state index is 11.7. The van der Waals surface area contributed by atoms with Crippen LogP contribution in [0.1, 0.15) is 23.1 Å². The first-order chi connectivity index (χ1) is 14.2. The van der Waals surface area contributed by atoms with Crippen molar-refractivity contribution in [3.05, 3.63) is 94.6 Å². The molecule has 6 heteroatoms. The quantitative estimate of drug-likeness (QED) is 0.430. The predicted octanol–water partition coefficient (Wildman–Crippen LogP) is 3.79. The van der Waals surface area contributed by atoms with Crippen molar-refractivity contribution >= 4 is 11.0 Å². The van der Waals surface area contributed by atoms with E-state index in [-0.39, 0.29) is 5.63 Å². The molecule has 0 fully saturated rings. The minimum absolute atomic E-state index is 0.306. The Labute approximate surface area is 169 Å². The molecule has 4 rings (SSSR count). The monoisotopic (exact) mass is 388 g/mol. The summed E-state index contributed by atoms with van der Waals surface area (Å²) in [6.07, 6.45) is 10.3. The van der Waals surface area contributed by atoms with Crippen LogP contribution in [-0.4, -0.2) is 26.0 Å². The fourth-order valence-corrected chi connectivity index (χ4v) is 3.59. The van der Waals surface area contributed by atoms with Gasteiger partial charge in [-0.3, -0.25) is 9.88 Å². The molecule has 6 nitrogen and oxygen atoms in total. The van der Waals surface area contributed by atoms with Gasteiger partial charge in [-0.05, 0) is 42.2 Å². The second-order valence-electron chi connectivity index (χ2n) is 7.30. The first kappa shape index (κ1) is 19.1. The highest BCUT2D eigenvalue weighted by Gasteiger charge is 2.10. The van der Waals surface area contributed by atoms with Gasteiger partial charge < -0.3 is 8.98 Å². The first-order valence-electron chi connectivity index (χ1n) is 9.78. The van der Waals surface area contributed by atoms with Gasteiger partial charge in [-0.15, -0.1) is 0 Å². The zero-order valence-electron chi connectivity index (χ0n) is 16.5. The van der Waals surface area contributed by atoms with Crippen molar-refractivity contribution in [2.24, 2.45) is 0 Å². The number of benzene rings is 1. The lowest BCUT2D eigenvalue weighted by molar-refractivity contribution is 0.248. The van der Waals surface area contributed by atoms with Crippen LogP contribution in [0.3, 0.4) is 0 Å². The SMILES string of the molecule is Cc1cc(=O)oc2cc(CN(CCCn3ccnc3)Cc3cccnc3)ccc12. The van der Waals surface area contributed by atoms with E-state index in [2.05, 4.69) is 31.6 Å². The third kappa shape index (κ3) is 4.97. The molecule has 29 heavy (non-hydrogen) atoms. The van der Waals surface area contributed by atoms with Gasteiger partial charge in [-0.1, -0.05) is 18.2 Å². The van der Waals surface area contributed by atoms with E-state index < -0.39 is 0 Å². The molecule has 148 valence electrons. The van der Waals surface area contributed by atoms with Crippen LogP contribution in [0.25, 0.3) is 11.0 Å². The smallest absolute Gasteiger partial charge is 0.336 e. The van der Waals surface area contributed by atoms with Crippen LogP contribution < -0.4 is 5.63 Å². The van der Waals surface area contributed by atoms with E-state index in [4.69, 9.17) is 4.42 Å². The molecule has 0 N–H and O–H groups in total. The lowest BCUT2D eigenvalue weighted by Gasteiger charge is -2.23. The van der Waals surface area contributed by atoms with Gasteiger partial charge in [0.25, 0.3) is 0 Å². The first-order valence-corrected chi connectivity index (χ1v) is 9.78. The zero-order valence-corrected chi connectivity index (χ0v) is 16.5. The minimum atomic E-state index is -0.306. The molecule has 0 aliphatic carbocycles. The highest BCUT2D eigenvalue weighted by Crippen LogP contribution is 2.20. The Kier molecular flexibility index (Phi) is 5.81. The van der Waals surface area contributed by atoms with Crippen LogP contribution in [0.2, 0.25) is 0 Å². The van der Waals surface area contributed by atoms with Crippen molar-refractivity contribution in [1.29, 1.82) is 0 Å². The summed E-state index contributed by atoms with van der Waals surface area (Å²) in [6, 6.07) is 11.7. The molecular weight excluding hydrogens is 364 g/mol. The number of aromatic nitrogens is 3. The van der Waals surface area contributed by atoms with E-state index in [0.717, 1.165) is 49.1 Å². The molecule has 0 spiro atoms. The van der Waals surface area contributed by atoms with Gasteiger partial charge in [0.2, 0.25) is 0 Å². The van der Waals surface area contributed by atoms with Crippen LogP contribution in [0.15, 0.2) is 76.7 Å². The number of imidazole rings is 1. The molecule has 0 bridgehead atoms. The van der Waals surface area contributed by atoms with E-state index in [1.165, 1.54) is 11.6 Å². The maximum Gasteiger partial charge on any atom is 0.336 e. The number of hydrogen-bond acceptors (Lipinski definition) is 5. The topological polar surface area (TPSA) is 64.2 Å². The summed E-state index contributed by atoms with van der Waals surface area (Å²) in [6.45, 7) is 5.38. The largest absolute Gasteiger partial charge is 0.423 e. The zero-order chi connectivity index (χ0) is 20.1. The van der Waals surface area contributed by atoms with Crippen molar-refractivity contribution in [3.8, 4) is 0 Å². The number of fused-ring (bicyclic) bond motifs is 1. The molecule has 3 aromatic heterocycles. The standard InChI is InChI=1S/C23H24N4O2/c1-18-12-23(28)29-22-13-19(5-6-21(18)22)15-27(16-20-4-2-7-24-14-20)10-3-9-26-11-8-25-17-26/h2,4-8,11-14,17H,3,9-10,15-16H2,1H3. The Morgan fingerprint density at radius 3 is 2.76 bits per heavy atom. The normalized spacial score (nSPS) is 11.4. The Hall–Kier alpha value is -3.25. The molecule has 4 aromatic rings. The Bertz CT molecular complexity index is 1120. The molecule has 0 radical (unpaired) electrons. The van der Waals surface area contributed by atoms with Gasteiger partial charge in [0.05, 0.1) is 6.33 Å². The van der Waals surface area contributed by atoms with Crippen molar-refractivity contribution in [1.82, 2.24) is 19.4 Å². The number of rotatable bonds is 8. The predicted molar refractivity (Wildman–Crippen MR) is 112 cm³/mol. The maximum atomic E-state index is 11.7. The second kappa shape index (κ2) is 8.84. The highest BCUT2D eigenvalue weighted by atomic mass is 16.4. The fraction of sp³-hybridized carbons (Fsp3) is 0.261. The van der Waals surface area contributed by atoms with Crippen molar-refractivity contribution in [3.63, 3.8) is 0 Å². The second-order valence-corrected chi connectivity index (χ2v) is 7.30. The molecule has 0 unspecified atom stereocenters. The number of hydrogen-bond donors (Lipinski definition) is 0. The number of aryl methyl sites for hydroxylation is 2. The summed E-state index contributed by atoms with van der Waals surface area (Å²) in [5.74, 6) is 0. The van der Waals surface area contributed by atoms with Crippen molar-refractivity contribution in [2.75, 3.05) is 6.54 Å². The summed E-state index contributed by atoms with van der Waals surface area (Å²) in [7, 11) is 0. The number of pyridine rings is 1. The van der Waals surface area contributed by atoms with E-state index in [1.807, 2.05) is 43.8 Å². The molecule has 1 aromatic carbocycles. The lowest BCUT2D eigenvalue weighted by Crippen LogP contribution is -2.25. The highest BCUT2D eigenvalue weighted by molar-refractivity contribution is 5.80. The van der Waals surface area contributed by atoms with E-state index in [1.54, 1.807) is 12.4 Å². The van der Waals surface area contributed by atoms with Crippen LogP contribution >= 0.6 is 0 Å². The molecule has 0 atom stereocenters. The molecule has 0 aliphatic heterocycles. The Balaban J connectivity index is 1.51. The van der Waals surface area contributed by atoms with Gasteiger partial charge in [-0.2, -0.15) is 0 Å². The van der Waals surface area contributed by atoms with Gasteiger partial charge in [0, 0.05) is 62.4 Å². The van der Waals surface area contributed by atoms with Crippen LogP contribution in [-0.2, 0) is 19.6 Å². The van der Waals surface area contributed by atoms with Crippen molar-refractivity contribution < 1.29 is 4.42 Å². The molecule has 0 saturated heterocycles. The summed E-state index contributed by atoms with van der Waals surface area (Å²) in [4.78, 5) is 22.5. The molecule has 3 heterocycles. The fourth-order valence-electron chi connectivity index (χ4n) is 3.59. The third-order valence-electron chi connectivity index (χ3n) is 5.00. The minimum Gasteiger partial charge on any atom is -0.423 e. The summed E-state index contributed by atoms with van der Waals surface area (Å²) < 4.78 is 7.51. The third-order valence-corrected chi connectivity index (χ3v) is 5.00. The average Bonchev–Trinajstić information content (AvgIpc) is 3.22. The summed E-state index contributed by atoms with van der Waals surface area (Å²) in [5, 5.41) is 0.979. The van der Waals surface area contributed by atoms with E-state index in [9.17, 15) is 4.79 Å². The number of nitrogens with zero attached hydrogens (tertiary/aromatic N) is 4. The summed E-state index contributed by atoms with van der Waals surface area (Å²) >= 11 is 0. The van der Waals surface area contributed by atoms with Gasteiger partial charge in [-0.25, -0.2) is 9.78 Å². The van der Waals surface area contributed by atoms with Crippen molar-refractivity contribution in [2.45, 2.75) is 33.0 Å². The average molecular weight is 388 g/mol. The van der Waals surface area contributed by atoms with E-state index >= 15 is 0 Å². The molecule has 0 aliphatic rings. The lowest BCUT2D eigenvalue weighted by atomic mass is 10.1. The Morgan fingerprint density at radius 1 is 1.07 bits per heavy atom. The van der Waals surface area contributed by atoms with Crippen LogP contribution in [0.4, 0.5) is 0 Å². The van der Waals surface area contributed by atoms with Crippen LogP contribution in [0, 0.1) is 6.92 Å². The molecular formula is C23H24N4O2.